The first-order valence-corrected chi connectivity index (χ1v) is 6.64. The van der Waals surface area contributed by atoms with E-state index < -0.39 is 0 Å². The topological polar surface area (TPSA) is 34.2 Å². The first-order valence-electron chi connectivity index (χ1n) is 6.64. The van der Waals surface area contributed by atoms with Gasteiger partial charge >= 0.3 is 0 Å². The van der Waals surface area contributed by atoms with Crippen molar-refractivity contribution >= 4 is 0 Å². The van der Waals surface area contributed by atoms with E-state index in [1.54, 1.807) is 0 Å². The maximum Gasteiger partial charge on any atom is 0.0731 e. The van der Waals surface area contributed by atoms with Gasteiger partial charge in [0.2, 0.25) is 0 Å². The summed E-state index contributed by atoms with van der Waals surface area (Å²) >= 11 is 0. The molecule has 94 valence electrons. The molecule has 1 aromatic heterocycles. The third kappa shape index (κ3) is 3.79. The van der Waals surface area contributed by atoms with Crippen molar-refractivity contribution in [2.45, 2.75) is 44.8 Å². The van der Waals surface area contributed by atoms with Crippen LogP contribution in [0.25, 0.3) is 0 Å². The molecule has 1 fully saturated rings. The van der Waals surface area contributed by atoms with Crippen molar-refractivity contribution in [2.24, 2.45) is 0 Å². The summed E-state index contributed by atoms with van der Waals surface area (Å²) in [5, 5.41) is 3.56. The fourth-order valence-corrected chi connectivity index (χ4v) is 2.45. The van der Waals surface area contributed by atoms with Crippen LogP contribution in [-0.2, 0) is 11.2 Å². The van der Waals surface area contributed by atoms with Gasteiger partial charge in [0, 0.05) is 25.0 Å². The van der Waals surface area contributed by atoms with Crippen molar-refractivity contribution in [1.29, 1.82) is 0 Å². The first-order chi connectivity index (χ1) is 8.40. The Balaban J connectivity index is 1.96. The highest BCUT2D eigenvalue weighted by Crippen LogP contribution is 2.18. The normalized spacial score (nSPS) is 22.3. The van der Waals surface area contributed by atoms with E-state index >= 15 is 0 Å². The van der Waals surface area contributed by atoms with E-state index in [2.05, 4.69) is 29.4 Å². The summed E-state index contributed by atoms with van der Waals surface area (Å²) < 4.78 is 5.89. The fourth-order valence-electron chi connectivity index (χ4n) is 2.45. The molecule has 0 aromatic carbocycles. The number of hydrogen-bond acceptors (Lipinski definition) is 3. The Labute approximate surface area is 104 Å². The molecule has 2 atom stereocenters. The molecule has 0 bridgehead atoms. The Morgan fingerprint density at radius 1 is 1.41 bits per heavy atom. The second-order valence-electron chi connectivity index (χ2n) is 4.63. The molecule has 2 unspecified atom stereocenters. The lowest BCUT2D eigenvalue weighted by Crippen LogP contribution is -2.44. The summed E-state index contributed by atoms with van der Waals surface area (Å²) in [5.74, 6) is 0. The molecule has 3 heteroatoms. The lowest BCUT2D eigenvalue weighted by atomic mass is 9.96. The third-order valence-electron chi connectivity index (χ3n) is 3.33. The van der Waals surface area contributed by atoms with E-state index in [1.165, 1.54) is 24.8 Å². The number of ether oxygens (including phenoxy) is 1. The molecule has 3 nitrogen and oxygen atoms in total. The summed E-state index contributed by atoms with van der Waals surface area (Å²) in [6, 6.07) is 4.61. The second-order valence-corrected chi connectivity index (χ2v) is 4.63. The van der Waals surface area contributed by atoms with Crippen LogP contribution in [0.4, 0.5) is 0 Å². The van der Waals surface area contributed by atoms with Crippen LogP contribution in [0.2, 0.25) is 0 Å². The van der Waals surface area contributed by atoms with Crippen LogP contribution < -0.4 is 5.32 Å². The summed E-state index contributed by atoms with van der Waals surface area (Å²) in [4.78, 5) is 4.06. The predicted octanol–water partition coefficient (Wildman–Crippen LogP) is 2.17. The molecule has 0 radical (unpaired) electrons. The van der Waals surface area contributed by atoms with Gasteiger partial charge in [-0.1, -0.05) is 6.92 Å². The molecule has 0 saturated carbocycles. The van der Waals surface area contributed by atoms with E-state index in [9.17, 15) is 0 Å². The van der Waals surface area contributed by atoms with Gasteiger partial charge in [-0.2, -0.15) is 0 Å². The summed E-state index contributed by atoms with van der Waals surface area (Å²) in [5.41, 5.74) is 1.33. The zero-order valence-electron chi connectivity index (χ0n) is 10.6. The highest BCUT2D eigenvalue weighted by atomic mass is 16.5. The molecule has 1 aliphatic heterocycles. The molecular formula is C14H22N2O. The van der Waals surface area contributed by atoms with Crippen molar-refractivity contribution in [3.8, 4) is 0 Å². The quantitative estimate of drug-likeness (QED) is 0.848. The van der Waals surface area contributed by atoms with Crippen LogP contribution in [0.15, 0.2) is 24.5 Å². The molecule has 17 heavy (non-hydrogen) atoms. The predicted molar refractivity (Wildman–Crippen MR) is 69.0 cm³/mol. The summed E-state index contributed by atoms with van der Waals surface area (Å²) in [6.07, 6.45) is 8.81. The van der Waals surface area contributed by atoms with Crippen LogP contribution in [-0.4, -0.2) is 30.3 Å². The number of aromatic nitrogens is 1. The van der Waals surface area contributed by atoms with Crippen LogP contribution in [0.5, 0.6) is 0 Å². The molecule has 1 aliphatic rings. The lowest BCUT2D eigenvalue weighted by Gasteiger charge is -2.31. The van der Waals surface area contributed by atoms with Crippen LogP contribution in [0, 0.1) is 0 Å². The minimum atomic E-state index is 0.372. The minimum absolute atomic E-state index is 0.372. The van der Waals surface area contributed by atoms with Gasteiger partial charge in [-0.25, -0.2) is 0 Å². The summed E-state index contributed by atoms with van der Waals surface area (Å²) in [7, 11) is 0. The first kappa shape index (κ1) is 12.5. The molecule has 1 N–H and O–H groups in total. The van der Waals surface area contributed by atoms with Crippen molar-refractivity contribution < 1.29 is 4.74 Å². The van der Waals surface area contributed by atoms with Gasteiger partial charge in [-0.15, -0.1) is 0 Å². The van der Waals surface area contributed by atoms with Crippen molar-refractivity contribution in [3.05, 3.63) is 30.1 Å². The lowest BCUT2D eigenvalue weighted by molar-refractivity contribution is -0.00709. The van der Waals surface area contributed by atoms with Gasteiger partial charge in [0.25, 0.3) is 0 Å². The van der Waals surface area contributed by atoms with Gasteiger partial charge in [0.05, 0.1) is 6.10 Å². The molecule has 0 amide bonds. The van der Waals surface area contributed by atoms with E-state index in [0.717, 1.165) is 19.6 Å². The Hall–Kier alpha value is -0.930. The molecule has 1 aromatic rings. The standard InChI is InChI=1S/C14H22N2O/c1-2-16-13(14-5-3-4-10-17-14)11-12-6-8-15-9-7-12/h6-9,13-14,16H,2-5,10-11H2,1H3. The van der Waals surface area contributed by atoms with Crippen LogP contribution in [0.1, 0.15) is 31.7 Å². The highest BCUT2D eigenvalue weighted by Gasteiger charge is 2.23. The zero-order chi connectivity index (χ0) is 11.9. The number of nitrogens with one attached hydrogen (secondary N) is 1. The molecule has 0 aliphatic carbocycles. The Bertz CT molecular complexity index is 309. The van der Waals surface area contributed by atoms with Gasteiger partial charge in [-0.3, -0.25) is 4.98 Å². The number of pyridine rings is 1. The van der Waals surface area contributed by atoms with Crippen molar-refractivity contribution in [2.75, 3.05) is 13.2 Å². The second kappa shape index (κ2) is 6.72. The maximum atomic E-state index is 5.89. The summed E-state index contributed by atoms with van der Waals surface area (Å²) in [6.45, 7) is 4.07. The highest BCUT2D eigenvalue weighted by molar-refractivity contribution is 5.12. The molecule has 2 rings (SSSR count). The minimum Gasteiger partial charge on any atom is -0.377 e. The Kier molecular flexibility index (Phi) is 4.95. The largest absolute Gasteiger partial charge is 0.377 e. The number of nitrogens with zero attached hydrogens (tertiary/aromatic N) is 1. The molecule has 1 saturated heterocycles. The molecule has 2 heterocycles. The molecule has 0 spiro atoms. The van der Waals surface area contributed by atoms with E-state index in [0.29, 0.717) is 12.1 Å². The van der Waals surface area contributed by atoms with Gasteiger partial charge in [0.15, 0.2) is 0 Å². The SMILES string of the molecule is CCNC(Cc1ccncc1)C1CCCCO1. The van der Waals surface area contributed by atoms with E-state index in [1.807, 2.05) is 12.4 Å². The fraction of sp³-hybridized carbons (Fsp3) is 0.643. The monoisotopic (exact) mass is 234 g/mol. The van der Waals surface area contributed by atoms with Crippen LogP contribution >= 0.6 is 0 Å². The zero-order valence-corrected chi connectivity index (χ0v) is 10.6. The number of rotatable bonds is 5. The average molecular weight is 234 g/mol. The van der Waals surface area contributed by atoms with Crippen LogP contribution in [0.3, 0.4) is 0 Å². The van der Waals surface area contributed by atoms with Gasteiger partial charge in [-0.05, 0) is 49.9 Å². The Morgan fingerprint density at radius 3 is 2.88 bits per heavy atom. The van der Waals surface area contributed by atoms with Gasteiger partial charge < -0.3 is 10.1 Å². The maximum absolute atomic E-state index is 5.89. The number of likely N-dealkylation sites (N-methyl/N-ethyl adjacent to an activating group) is 1. The van der Waals surface area contributed by atoms with Crippen molar-refractivity contribution in [3.63, 3.8) is 0 Å². The van der Waals surface area contributed by atoms with Gasteiger partial charge in [0.1, 0.15) is 0 Å². The van der Waals surface area contributed by atoms with E-state index in [-0.39, 0.29) is 0 Å². The number of hydrogen-bond donors (Lipinski definition) is 1. The average Bonchev–Trinajstić information content (AvgIpc) is 2.40. The van der Waals surface area contributed by atoms with Crippen molar-refractivity contribution in [1.82, 2.24) is 10.3 Å². The van der Waals surface area contributed by atoms with E-state index in [4.69, 9.17) is 4.74 Å². The Morgan fingerprint density at radius 2 is 2.24 bits per heavy atom. The smallest absolute Gasteiger partial charge is 0.0731 e. The molecular weight excluding hydrogens is 212 g/mol. The third-order valence-corrected chi connectivity index (χ3v) is 3.33.